The molecule has 2 unspecified atom stereocenters. The number of methoxy groups -OCH3 is 1. The van der Waals surface area contributed by atoms with E-state index in [2.05, 4.69) is 0 Å². The maximum atomic E-state index is 11.0. The van der Waals surface area contributed by atoms with Gasteiger partial charge in [-0.1, -0.05) is 6.92 Å². The number of rotatable bonds is 12. The molecule has 0 bridgehead atoms. The molecule has 150 valence electrons. The van der Waals surface area contributed by atoms with Crippen LogP contribution < -0.4 is 9.47 Å². The normalized spacial score (nSPS) is 14.5. The highest BCUT2D eigenvalue weighted by Gasteiger charge is 2.20. The molecule has 0 aromatic heterocycles. The van der Waals surface area contributed by atoms with Crippen molar-refractivity contribution in [1.29, 1.82) is 0 Å². The molecule has 0 aliphatic heterocycles. The average molecular weight is 392 g/mol. The number of hydrogen-bond donors (Lipinski definition) is 3. The molecular weight excluding hydrogens is 364 g/mol. The molecule has 26 heavy (non-hydrogen) atoms. The van der Waals surface area contributed by atoms with Crippen LogP contribution in [0.2, 0.25) is 0 Å². The summed E-state index contributed by atoms with van der Waals surface area (Å²) in [7, 11) is -1.59. The molecule has 10 heteroatoms. The number of benzene rings is 1. The van der Waals surface area contributed by atoms with Crippen LogP contribution in [0.25, 0.3) is 0 Å². The zero-order chi connectivity index (χ0) is 19.7. The molecule has 1 rings (SSSR count). The summed E-state index contributed by atoms with van der Waals surface area (Å²) in [5.74, 6) is 1.31. The Morgan fingerprint density at radius 3 is 2.08 bits per heavy atom. The van der Waals surface area contributed by atoms with E-state index in [0.717, 1.165) is 0 Å². The van der Waals surface area contributed by atoms with E-state index in [0.29, 0.717) is 22.3 Å². The number of hydrogen-bond acceptors (Lipinski definition) is 7. The fraction of sp³-hybridized carbons (Fsp3) is 0.625. The Morgan fingerprint density at radius 2 is 1.58 bits per heavy atom. The third kappa shape index (κ3) is 8.30. The van der Waals surface area contributed by atoms with Crippen molar-refractivity contribution < 1.29 is 32.7 Å². The summed E-state index contributed by atoms with van der Waals surface area (Å²) in [6.45, 7) is 2.63. The molecule has 0 heterocycles. The summed E-state index contributed by atoms with van der Waals surface area (Å²) >= 11 is 0. The van der Waals surface area contributed by atoms with Gasteiger partial charge in [0, 0.05) is 26.7 Å². The van der Waals surface area contributed by atoms with Crippen LogP contribution >= 0.6 is 0 Å². The van der Waals surface area contributed by atoms with Gasteiger partial charge in [-0.15, -0.1) is 0 Å². The lowest BCUT2D eigenvalue weighted by Crippen LogP contribution is -2.44. The van der Waals surface area contributed by atoms with Crippen LogP contribution in [-0.4, -0.2) is 91.5 Å². The fourth-order valence-corrected chi connectivity index (χ4v) is 2.66. The van der Waals surface area contributed by atoms with Crippen molar-refractivity contribution in [3.05, 3.63) is 24.3 Å². The smallest absolute Gasteiger partial charge is 0.335 e. The SMILES string of the molecule is CCN(CC(O)COc1ccc(OC)cc1)CC(O)CN(C)S(=O)(=O)O. The van der Waals surface area contributed by atoms with Gasteiger partial charge in [0.2, 0.25) is 0 Å². The largest absolute Gasteiger partial charge is 0.497 e. The molecule has 3 N–H and O–H groups in total. The van der Waals surface area contributed by atoms with Gasteiger partial charge in [-0.2, -0.15) is 12.7 Å². The Bertz CT molecular complexity index is 624. The predicted molar refractivity (Wildman–Crippen MR) is 96.8 cm³/mol. The highest BCUT2D eigenvalue weighted by molar-refractivity contribution is 7.83. The van der Waals surface area contributed by atoms with Crippen molar-refractivity contribution in [2.24, 2.45) is 0 Å². The number of aliphatic hydroxyl groups excluding tert-OH is 2. The first-order chi connectivity index (χ1) is 12.2. The van der Waals surface area contributed by atoms with Crippen molar-refractivity contribution in [2.75, 3.05) is 46.9 Å². The van der Waals surface area contributed by atoms with Gasteiger partial charge in [-0.3, -0.25) is 9.45 Å². The molecule has 0 aliphatic rings. The van der Waals surface area contributed by atoms with Crippen LogP contribution in [-0.2, 0) is 10.3 Å². The van der Waals surface area contributed by atoms with E-state index < -0.39 is 22.5 Å². The summed E-state index contributed by atoms with van der Waals surface area (Å²) < 4.78 is 42.0. The summed E-state index contributed by atoms with van der Waals surface area (Å²) in [6.07, 6.45) is -1.79. The van der Waals surface area contributed by atoms with E-state index in [-0.39, 0.29) is 26.2 Å². The van der Waals surface area contributed by atoms with Crippen LogP contribution in [0.5, 0.6) is 11.5 Å². The Kier molecular flexibility index (Phi) is 9.27. The fourth-order valence-electron chi connectivity index (χ4n) is 2.29. The lowest BCUT2D eigenvalue weighted by Gasteiger charge is -2.27. The highest BCUT2D eigenvalue weighted by Crippen LogP contribution is 2.17. The number of nitrogens with zero attached hydrogens (tertiary/aromatic N) is 2. The Hall–Kier alpha value is -1.43. The lowest BCUT2D eigenvalue weighted by molar-refractivity contribution is 0.0439. The first-order valence-electron chi connectivity index (χ1n) is 8.19. The summed E-state index contributed by atoms with van der Waals surface area (Å²) in [5, 5.41) is 20.1. The van der Waals surface area contributed by atoms with E-state index in [1.165, 1.54) is 7.05 Å². The topological polar surface area (TPSA) is 120 Å². The highest BCUT2D eigenvalue weighted by atomic mass is 32.2. The maximum absolute atomic E-state index is 11.0. The van der Waals surface area contributed by atoms with Gasteiger partial charge in [-0.05, 0) is 30.8 Å². The second-order valence-electron chi connectivity index (χ2n) is 5.90. The minimum atomic E-state index is -4.33. The molecule has 0 spiro atoms. The molecule has 1 aromatic carbocycles. The zero-order valence-corrected chi connectivity index (χ0v) is 16.1. The van der Waals surface area contributed by atoms with Gasteiger partial charge in [-0.25, -0.2) is 0 Å². The number of likely N-dealkylation sites (N-methyl/N-ethyl adjacent to an activating group) is 2. The second kappa shape index (κ2) is 10.7. The first kappa shape index (κ1) is 22.6. The van der Waals surface area contributed by atoms with Gasteiger partial charge in [0.1, 0.15) is 24.2 Å². The van der Waals surface area contributed by atoms with E-state index in [4.69, 9.17) is 14.0 Å². The van der Waals surface area contributed by atoms with E-state index >= 15 is 0 Å². The molecular formula is C16H28N2O7S. The van der Waals surface area contributed by atoms with Crippen molar-refractivity contribution in [1.82, 2.24) is 9.21 Å². The van der Waals surface area contributed by atoms with Crippen molar-refractivity contribution in [3.63, 3.8) is 0 Å². The zero-order valence-electron chi connectivity index (χ0n) is 15.3. The van der Waals surface area contributed by atoms with Crippen LogP contribution in [0.15, 0.2) is 24.3 Å². The van der Waals surface area contributed by atoms with Gasteiger partial charge in [0.15, 0.2) is 0 Å². The van der Waals surface area contributed by atoms with Gasteiger partial charge >= 0.3 is 10.3 Å². The first-order valence-corrected chi connectivity index (χ1v) is 9.59. The third-order valence-electron chi connectivity index (χ3n) is 3.75. The van der Waals surface area contributed by atoms with E-state index in [1.54, 1.807) is 36.3 Å². The van der Waals surface area contributed by atoms with Crippen LogP contribution in [0.3, 0.4) is 0 Å². The molecule has 2 atom stereocenters. The third-order valence-corrected chi connectivity index (χ3v) is 4.69. The average Bonchev–Trinajstić information content (AvgIpc) is 2.58. The van der Waals surface area contributed by atoms with Gasteiger partial charge in [0.25, 0.3) is 0 Å². The molecule has 0 fully saturated rings. The van der Waals surface area contributed by atoms with E-state index in [9.17, 15) is 18.6 Å². The van der Waals surface area contributed by atoms with Crippen molar-refractivity contribution >= 4 is 10.3 Å². The predicted octanol–water partition coefficient (Wildman–Crippen LogP) is -0.148. The Morgan fingerprint density at radius 1 is 1.04 bits per heavy atom. The molecule has 0 radical (unpaired) electrons. The van der Waals surface area contributed by atoms with Gasteiger partial charge < -0.3 is 19.7 Å². The standard InChI is InChI=1S/C16H28N2O7S/c1-4-18(10-13(19)9-17(2)26(21,22)23)11-14(20)12-25-16-7-5-15(24-3)6-8-16/h5-8,13-14,19-20H,4,9-12H2,1-3H3,(H,21,22,23). The monoisotopic (exact) mass is 392 g/mol. The quantitative estimate of drug-likeness (QED) is 0.420. The number of ether oxygens (including phenoxy) is 2. The summed E-state index contributed by atoms with van der Waals surface area (Å²) in [4.78, 5) is 1.77. The minimum Gasteiger partial charge on any atom is -0.497 e. The van der Waals surface area contributed by atoms with Crippen LogP contribution in [0, 0.1) is 0 Å². The molecule has 0 amide bonds. The molecule has 0 saturated carbocycles. The van der Waals surface area contributed by atoms with Crippen LogP contribution in [0.4, 0.5) is 0 Å². The molecule has 1 aromatic rings. The summed E-state index contributed by atoms with van der Waals surface area (Å²) in [6, 6.07) is 6.97. The number of aliphatic hydroxyl groups is 2. The molecule has 9 nitrogen and oxygen atoms in total. The van der Waals surface area contributed by atoms with Crippen molar-refractivity contribution in [2.45, 2.75) is 19.1 Å². The minimum absolute atomic E-state index is 0.0733. The maximum Gasteiger partial charge on any atom is 0.335 e. The Balaban J connectivity index is 2.42. The van der Waals surface area contributed by atoms with Gasteiger partial charge in [0.05, 0.1) is 13.2 Å². The second-order valence-corrected chi connectivity index (χ2v) is 7.42. The van der Waals surface area contributed by atoms with Crippen LogP contribution in [0.1, 0.15) is 6.92 Å². The van der Waals surface area contributed by atoms with E-state index in [1.807, 2.05) is 6.92 Å². The lowest BCUT2D eigenvalue weighted by atomic mass is 10.2. The van der Waals surface area contributed by atoms with Crippen molar-refractivity contribution in [3.8, 4) is 11.5 Å². The molecule has 0 aliphatic carbocycles. The molecule has 0 saturated heterocycles. The Labute approximate surface area is 154 Å². The summed E-state index contributed by atoms with van der Waals surface area (Å²) in [5.41, 5.74) is 0.